The maximum Gasteiger partial charge on any atom is 0.0635 e. The summed E-state index contributed by atoms with van der Waals surface area (Å²) in [5, 5.41) is 0.661. The predicted molar refractivity (Wildman–Crippen MR) is 60.5 cm³/mol. The molecule has 2 N–H and O–H groups in total. The van der Waals surface area contributed by atoms with Crippen LogP contribution >= 0.6 is 23.4 Å². The molecular weight excluding hydrogens is 202 g/mol. The summed E-state index contributed by atoms with van der Waals surface area (Å²) in [6.45, 7) is 0. The van der Waals surface area contributed by atoms with Crippen LogP contribution in [0, 0.1) is 0 Å². The van der Waals surface area contributed by atoms with Crippen molar-refractivity contribution >= 4 is 29.1 Å². The van der Waals surface area contributed by atoms with Crippen molar-refractivity contribution in [2.75, 3.05) is 17.2 Å². The number of nitrogen functional groups attached to an aromatic ring is 1. The van der Waals surface area contributed by atoms with E-state index >= 15 is 0 Å². The minimum atomic E-state index is 0.661. The first-order valence-electron chi connectivity index (χ1n) is 4.40. The topological polar surface area (TPSA) is 26.0 Å². The zero-order valence-electron chi connectivity index (χ0n) is 7.29. The van der Waals surface area contributed by atoms with Gasteiger partial charge in [0, 0.05) is 5.75 Å². The van der Waals surface area contributed by atoms with E-state index < -0.39 is 0 Å². The number of hydrogen-bond donors (Lipinski definition) is 1. The molecule has 13 heavy (non-hydrogen) atoms. The van der Waals surface area contributed by atoms with Crippen LogP contribution in [0.4, 0.5) is 5.69 Å². The van der Waals surface area contributed by atoms with Gasteiger partial charge in [-0.1, -0.05) is 17.7 Å². The average molecular weight is 214 g/mol. The third kappa shape index (κ3) is 1.94. The molecule has 0 bridgehead atoms. The molecule has 1 nitrogen and oxygen atoms in total. The molecule has 70 valence electrons. The van der Waals surface area contributed by atoms with Gasteiger partial charge >= 0.3 is 0 Å². The first-order valence-corrected chi connectivity index (χ1v) is 5.93. The number of rotatable bonds is 1. The Kier molecular flexibility index (Phi) is 2.70. The second kappa shape index (κ2) is 3.81. The minimum Gasteiger partial charge on any atom is -0.398 e. The standard InChI is InChI=1S/C10H12ClNS/c11-9-2-1-7(5-10(9)12)8-3-4-13-6-8/h1-2,5,8H,3-4,6,12H2. The fourth-order valence-electron chi connectivity index (χ4n) is 1.61. The fourth-order valence-corrected chi connectivity index (χ4v) is 2.99. The summed E-state index contributed by atoms with van der Waals surface area (Å²) < 4.78 is 0. The van der Waals surface area contributed by atoms with Gasteiger partial charge in [-0.25, -0.2) is 0 Å². The number of anilines is 1. The van der Waals surface area contributed by atoms with Crippen LogP contribution in [0.15, 0.2) is 18.2 Å². The summed E-state index contributed by atoms with van der Waals surface area (Å²) in [7, 11) is 0. The largest absolute Gasteiger partial charge is 0.398 e. The zero-order chi connectivity index (χ0) is 9.26. The lowest BCUT2D eigenvalue weighted by molar-refractivity contribution is 0.783. The monoisotopic (exact) mass is 213 g/mol. The Morgan fingerprint density at radius 3 is 2.92 bits per heavy atom. The summed E-state index contributed by atoms with van der Waals surface area (Å²) in [5.74, 6) is 3.18. The number of thioether (sulfide) groups is 1. The van der Waals surface area contributed by atoms with Gasteiger partial charge in [0.1, 0.15) is 0 Å². The van der Waals surface area contributed by atoms with Crippen molar-refractivity contribution in [2.24, 2.45) is 0 Å². The fraction of sp³-hybridized carbons (Fsp3) is 0.400. The van der Waals surface area contributed by atoms with E-state index in [9.17, 15) is 0 Å². The van der Waals surface area contributed by atoms with E-state index in [-0.39, 0.29) is 0 Å². The number of hydrogen-bond acceptors (Lipinski definition) is 2. The molecule has 1 heterocycles. The molecule has 1 aromatic rings. The Hall–Kier alpha value is -0.340. The van der Waals surface area contributed by atoms with E-state index in [2.05, 4.69) is 6.07 Å². The lowest BCUT2D eigenvalue weighted by Crippen LogP contribution is -1.97. The quantitative estimate of drug-likeness (QED) is 0.726. The summed E-state index contributed by atoms with van der Waals surface area (Å²) >= 11 is 7.87. The maximum atomic E-state index is 5.86. The molecule has 1 aromatic carbocycles. The molecule has 3 heteroatoms. The van der Waals surface area contributed by atoms with Gasteiger partial charge in [-0.15, -0.1) is 0 Å². The molecule has 2 rings (SSSR count). The molecule has 1 saturated heterocycles. The van der Waals surface area contributed by atoms with Crippen LogP contribution in [0.25, 0.3) is 0 Å². The van der Waals surface area contributed by atoms with Crippen molar-refractivity contribution in [3.63, 3.8) is 0 Å². The van der Waals surface area contributed by atoms with Gasteiger partial charge in [-0.05, 0) is 35.8 Å². The molecule has 0 spiro atoms. The highest BCUT2D eigenvalue weighted by atomic mass is 35.5. The third-order valence-corrected chi connectivity index (χ3v) is 3.93. The van der Waals surface area contributed by atoms with E-state index in [1.807, 2.05) is 23.9 Å². The highest BCUT2D eigenvalue weighted by Crippen LogP contribution is 2.34. The molecule has 0 radical (unpaired) electrons. The van der Waals surface area contributed by atoms with Crippen molar-refractivity contribution in [2.45, 2.75) is 12.3 Å². The van der Waals surface area contributed by atoms with Crippen molar-refractivity contribution in [3.05, 3.63) is 28.8 Å². The highest BCUT2D eigenvalue weighted by Gasteiger charge is 2.17. The Morgan fingerprint density at radius 1 is 1.46 bits per heavy atom. The summed E-state index contributed by atoms with van der Waals surface area (Å²) in [4.78, 5) is 0. The van der Waals surface area contributed by atoms with Crippen LogP contribution in [0.1, 0.15) is 17.9 Å². The van der Waals surface area contributed by atoms with Gasteiger partial charge < -0.3 is 5.73 Å². The molecule has 0 saturated carbocycles. The van der Waals surface area contributed by atoms with E-state index in [1.165, 1.54) is 23.5 Å². The molecule has 0 aromatic heterocycles. The molecule has 0 aliphatic carbocycles. The van der Waals surface area contributed by atoms with Crippen LogP contribution < -0.4 is 5.73 Å². The Morgan fingerprint density at radius 2 is 2.31 bits per heavy atom. The SMILES string of the molecule is Nc1cc(C2CCSC2)ccc1Cl. The smallest absolute Gasteiger partial charge is 0.0635 e. The van der Waals surface area contributed by atoms with Crippen LogP contribution in [0.3, 0.4) is 0 Å². The highest BCUT2D eigenvalue weighted by molar-refractivity contribution is 7.99. The Bertz CT molecular complexity index is 308. The second-order valence-electron chi connectivity index (χ2n) is 3.34. The van der Waals surface area contributed by atoms with E-state index in [0.29, 0.717) is 16.6 Å². The van der Waals surface area contributed by atoms with Crippen LogP contribution in [-0.4, -0.2) is 11.5 Å². The molecule has 1 aliphatic heterocycles. The van der Waals surface area contributed by atoms with Crippen LogP contribution in [0.2, 0.25) is 5.02 Å². The number of halogens is 1. The van der Waals surface area contributed by atoms with E-state index in [0.717, 1.165) is 0 Å². The first kappa shape index (κ1) is 9.22. The minimum absolute atomic E-state index is 0.661. The van der Waals surface area contributed by atoms with E-state index in [1.54, 1.807) is 0 Å². The molecule has 1 atom stereocenters. The van der Waals surface area contributed by atoms with Crippen LogP contribution in [-0.2, 0) is 0 Å². The molecule has 0 amide bonds. The third-order valence-electron chi connectivity index (χ3n) is 2.42. The Balaban J connectivity index is 2.25. The van der Waals surface area contributed by atoms with Gasteiger partial charge in [0.2, 0.25) is 0 Å². The predicted octanol–water partition coefficient (Wildman–Crippen LogP) is 3.14. The van der Waals surface area contributed by atoms with Crippen molar-refractivity contribution in [3.8, 4) is 0 Å². The average Bonchev–Trinajstić information content (AvgIpc) is 2.62. The summed E-state index contributed by atoms with van der Waals surface area (Å²) in [6.07, 6.45) is 1.27. The van der Waals surface area contributed by atoms with Gasteiger partial charge in [0.25, 0.3) is 0 Å². The lowest BCUT2D eigenvalue weighted by atomic mass is 9.98. The molecule has 1 aliphatic rings. The first-order chi connectivity index (χ1) is 6.27. The van der Waals surface area contributed by atoms with E-state index in [4.69, 9.17) is 17.3 Å². The van der Waals surface area contributed by atoms with Crippen molar-refractivity contribution in [1.29, 1.82) is 0 Å². The van der Waals surface area contributed by atoms with Gasteiger partial charge in [-0.2, -0.15) is 11.8 Å². The van der Waals surface area contributed by atoms with Gasteiger partial charge in [0.15, 0.2) is 0 Å². The van der Waals surface area contributed by atoms with Crippen LogP contribution in [0.5, 0.6) is 0 Å². The summed E-state index contributed by atoms with van der Waals surface area (Å²) in [6, 6.07) is 6.00. The number of nitrogens with two attached hydrogens (primary N) is 1. The zero-order valence-corrected chi connectivity index (χ0v) is 8.87. The Labute approximate surface area is 87.7 Å². The molecule has 1 fully saturated rings. The van der Waals surface area contributed by atoms with Crippen molar-refractivity contribution in [1.82, 2.24) is 0 Å². The van der Waals surface area contributed by atoms with Gasteiger partial charge in [0.05, 0.1) is 10.7 Å². The molecule has 1 unspecified atom stereocenters. The normalized spacial score (nSPS) is 22.1. The van der Waals surface area contributed by atoms with Crippen molar-refractivity contribution < 1.29 is 0 Å². The maximum absolute atomic E-state index is 5.86. The molecular formula is C10H12ClNS. The number of benzene rings is 1. The summed E-state index contributed by atoms with van der Waals surface area (Å²) in [5.41, 5.74) is 7.79. The lowest BCUT2D eigenvalue weighted by Gasteiger charge is -2.09. The van der Waals surface area contributed by atoms with Gasteiger partial charge in [-0.3, -0.25) is 0 Å². The second-order valence-corrected chi connectivity index (χ2v) is 4.90.